The van der Waals surface area contributed by atoms with Gasteiger partial charge in [0.25, 0.3) is 0 Å². The molecule has 0 amide bonds. The van der Waals surface area contributed by atoms with Gasteiger partial charge in [-0.05, 0) is 25.1 Å². The van der Waals surface area contributed by atoms with Crippen molar-refractivity contribution in [3.63, 3.8) is 0 Å². The Balaban J connectivity index is 2.63. The number of ether oxygens (including phenoxy) is 1. The van der Waals surface area contributed by atoms with Crippen LogP contribution in [-0.4, -0.2) is 18.3 Å². The van der Waals surface area contributed by atoms with Crippen molar-refractivity contribution >= 4 is 0 Å². The molecule has 1 heterocycles. The highest BCUT2D eigenvalue weighted by atomic mass is 19.4. The van der Waals surface area contributed by atoms with Crippen LogP contribution < -0.4 is 0 Å². The molecule has 1 aliphatic rings. The largest absolute Gasteiger partial charge is 0.673 e. The highest BCUT2D eigenvalue weighted by Crippen LogP contribution is 2.26. The molecule has 0 fully saturated rings. The van der Waals surface area contributed by atoms with E-state index < -0.39 is 18.3 Å². The lowest BCUT2D eigenvalue weighted by atomic mass is 10.2. The molecule has 0 spiro atoms. The summed E-state index contributed by atoms with van der Waals surface area (Å²) in [6, 6.07) is 1.02. The molecule has 3 nitrogen and oxygen atoms in total. The Morgan fingerprint density at radius 2 is 2.27 bits per heavy atom. The third-order valence-corrected chi connectivity index (χ3v) is 1.71. The molecular formula is C9H8F3N2O-. The first kappa shape index (κ1) is 11.4. The van der Waals surface area contributed by atoms with E-state index in [1.807, 2.05) is 0 Å². The van der Waals surface area contributed by atoms with Crippen molar-refractivity contribution in [2.75, 3.05) is 0 Å². The van der Waals surface area contributed by atoms with Crippen LogP contribution in [0.25, 0.3) is 5.32 Å². The predicted molar refractivity (Wildman–Crippen MR) is 46.6 cm³/mol. The highest BCUT2D eigenvalue weighted by Gasteiger charge is 2.38. The molecule has 6 heteroatoms. The van der Waals surface area contributed by atoms with Crippen LogP contribution in [0.1, 0.15) is 6.92 Å². The Morgan fingerprint density at radius 1 is 1.60 bits per heavy atom. The van der Waals surface area contributed by atoms with Crippen LogP contribution in [0.4, 0.5) is 13.2 Å². The Bertz CT molecular complexity index is 327. The summed E-state index contributed by atoms with van der Waals surface area (Å²) in [5.74, 6) is 0.0152. The maximum Gasteiger partial charge on any atom is 0.425 e. The number of allylic oxidation sites excluding steroid dienone is 1. The Labute approximate surface area is 84.8 Å². The van der Waals surface area contributed by atoms with Gasteiger partial charge in [0.1, 0.15) is 5.76 Å². The first-order valence-corrected chi connectivity index (χ1v) is 4.15. The maximum absolute atomic E-state index is 12.1. The predicted octanol–water partition coefficient (Wildman–Crippen LogP) is 2.63. The number of alkyl halides is 3. The van der Waals surface area contributed by atoms with E-state index in [0.717, 1.165) is 6.92 Å². The molecule has 0 bridgehead atoms. The molecule has 0 aromatic rings. The molecule has 2 unspecified atom stereocenters. The first-order chi connectivity index (χ1) is 6.93. The molecule has 2 atom stereocenters. The van der Waals surface area contributed by atoms with Gasteiger partial charge in [0, 0.05) is 0 Å². The fraction of sp³-hybridized carbons (Fsp3) is 0.444. The smallest absolute Gasteiger partial charge is 0.425 e. The molecule has 0 aliphatic carbocycles. The van der Waals surface area contributed by atoms with Crippen molar-refractivity contribution in [1.82, 2.24) is 0 Å². The molecule has 0 aromatic carbocycles. The highest BCUT2D eigenvalue weighted by molar-refractivity contribution is 5.34. The molecule has 82 valence electrons. The summed E-state index contributed by atoms with van der Waals surface area (Å²) in [5, 5.41) is 12.2. The second-order valence-electron chi connectivity index (χ2n) is 2.91. The van der Waals surface area contributed by atoms with Crippen LogP contribution in [0.15, 0.2) is 24.1 Å². The lowest BCUT2D eigenvalue weighted by molar-refractivity contribution is -0.202. The zero-order chi connectivity index (χ0) is 11.5. The van der Waals surface area contributed by atoms with Crippen molar-refractivity contribution in [3.8, 4) is 6.07 Å². The quantitative estimate of drug-likeness (QED) is 0.713. The van der Waals surface area contributed by atoms with E-state index in [2.05, 4.69) is 10.1 Å². The SMILES string of the molecule is CC(OC1=CC(C#N)[N-]C=C1)C(F)(F)F. The molecule has 0 aromatic heterocycles. The number of halogens is 3. The fourth-order valence-electron chi connectivity index (χ4n) is 0.884. The van der Waals surface area contributed by atoms with E-state index in [9.17, 15) is 13.2 Å². The maximum atomic E-state index is 12.1. The normalized spacial score (nSPS) is 22.3. The van der Waals surface area contributed by atoms with Gasteiger partial charge in [-0.2, -0.15) is 24.6 Å². The fourth-order valence-corrected chi connectivity index (χ4v) is 0.884. The summed E-state index contributed by atoms with van der Waals surface area (Å²) < 4.78 is 41.0. The summed E-state index contributed by atoms with van der Waals surface area (Å²) in [5.41, 5.74) is 0. The number of nitriles is 1. The van der Waals surface area contributed by atoms with Crippen LogP contribution in [0, 0.1) is 11.3 Å². The van der Waals surface area contributed by atoms with E-state index in [-0.39, 0.29) is 5.76 Å². The summed E-state index contributed by atoms with van der Waals surface area (Å²) in [4.78, 5) is 0. The summed E-state index contributed by atoms with van der Waals surface area (Å²) in [6.07, 6.45) is -2.53. The molecule has 1 rings (SSSR count). The van der Waals surface area contributed by atoms with Gasteiger partial charge in [-0.25, -0.2) is 0 Å². The number of nitrogens with zero attached hydrogens (tertiary/aromatic N) is 2. The standard InChI is InChI=1S/C9H8F3N2O/c1-6(9(10,11)12)15-8-2-3-14-7(4-8)5-13/h2-4,6-7H,1H3/q-1. The number of hydrogen-bond donors (Lipinski definition) is 0. The van der Waals surface area contributed by atoms with Crippen molar-refractivity contribution in [2.24, 2.45) is 0 Å². The first-order valence-electron chi connectivity index (χ1n) is 4.15. The minimum Gasteiger partial charge on any atom is -0.673 e. The van der Waals surface area contributed by atoms with Crippen LogP contribution in [-0.2, 0) is 4.74 Å². The lowest BCUT2D eigenvalue weighted by Gasteiger charge is -2.26. The average Bonchev–Trinajstić information content (AvgIpc) is 2.16. The minimum atomic E-state index is -4.41. The van der Waals surface area contributed by atoms with Gasteiger partial charge in [0.05, 0.1) is 6.07 Å². The van der Waals surface area contributed by atoms with E-state index in [1.54, 1.807) is 6.07 Å². The van der Waals surface area contributed by atoms with Gasteiger partial charge in [-0.3, -0.25) is 0 Å². The molecule has 0 saturated heterocycles. The lowest BCUT2D eigenvalue weighted by Crippen LogP contribution is -2.28. The third-order valence-electron chi connectivity index (χ3n) is 1.71. The van der Waals surface area contributed by atoms with Gasteiger partial charge in [0.15, 0.2) is 6.10 Å². The molecule has 15 heavy (non-hydrogen) atoms. The van der Waals surface area contributed by atoms with Crippen LogP contribution in [0.2, 0.25) is 0 Å². The van der Waals surface area contributed by atoms with Gasteiger partial charge >= 0.3 is 6.18 Å². The topological polar surface area (TPSA) is 47.1 Å². The number of rotatable bonds is 2. The summed E-state index contributed by atoms with van der Waals surface area (Å²) >= 11 is 0. The third kappa shape index (κ3) is 3.20. The van der Waals surface area contributed by atoms with Crippen LogP contribution >= 0.6 is 0 Å². The molecule has 0 radical (unpaired) electrons. The Kier molecular flexibility index (Phi) is 3.24. The van der Waals surface area contributed by atoms with Crippen molar-refractivity contribution < 1.29 is 17.9 Å². The second kappa shape index (κ2) is 4.26. The summed E-state index contributed by atoms with van der Waals surface area (Å²) in [7, 11) is 0. The second-order valence-corrected chi connectivity index (χ2v) is 2.91. The number of hydrogen-bond acceptors (Lipinski definition) is 2. The van der Waals surface area contributed by atoms with Gasteiger partial charge in [-0.15, -0.1) is 0 Å². The van der Waals surface area contributed by atoms with Gasteiger partial charge < -0.3 is 10.1 Å². The monoisotopic (exact) mass is 217 g/mol. The van der Waals surface area contributed by atoms with Gasteiger partial charge in [-0.1, -0.05) is 0 Å². The molecular weight excluding hydrogens is 209 g/mol. The van der Waals surface area contributed by atoms with Crippen LogP contribution in [0.3, 0.4) is 0 Å². The van der Waals surface area contributed by atoms with E-state index in [1.165, 1.54) is 18.4 Å². The van der Waals surface area contributed by atoms with E-state index >= 15 is 0 Å². The van der Waals surface area contributed by atoms with Crippen LogP contribution in [0.5, 0.6) is 0 Å². The Hall–Kier alpha value is -1.64. The van der Waals surface area contributed by atoms with Crippen molar-refractivity contribution in [2.45, 2.75) is 25.2 Å². The zero-order valence-corrected chi connectivity index (χ0v) is 7.82. The molecule has 1 aliphatic heterocycles. The molecule has 0 saturated carbocycles. The van der Waals surface area contributed by atoms with E-state index in [4.69, 9.17) is 5.26 Å². The van der Waals surface area contributed by atoms with Crippen molar-refractivity contribution in [1.29, 1.82) is 5.26 Å². The minimum absolute atomic E-state index is 0.0152. The zero-order valence-electron chi connectivity index (χ0n) is 7.82. The summed E-state index contributed by atoms with van der Waals surface area (Å²) in [6.45, 7) is 0.905. The van der Waals surface area contributed by atoms with E-state index in [0.29, 0.717) is 0 Å². The van der Waals surface area contributed by atoms with Gasteiger partial charge in [0.2, 0.25) is 0 Å². The molecule has 0 N–H and O–H groups in total. The Morgan fingerprint density at radius 3 is 2.80 bits per heavy atom. The van der Waals surface area contributed by atoms with Crippen molar-refractivity contribution in [3.05, 3.63) is 29.4 Å². The average molecular weight is 217 g/mol.